The van der Waals surface area contributed by atoms with E-state index in [4.69, 9.17) is 0 Å². The third-order valence-corrected chi connectivity index (χ3v) is 4.08. The normalized spacial score (nSPS) is 18.5. The first kappa shape index (κ1) is 17.3. The smallest absolute Gasteiger partial charge is 0.225 e. The molecule has 23 heavy (non-hydrogen) atoms. The number of carbonyl (C=O) groups is 2. The third-order valence-electron chi connectivity index (χ3n) is 4.08. The van der Waals surface area contributed by atoms with Crippen molar-refractivity contribution in [3.05, 3.63) is 35.4 Å². The zero-order valence-corrected chi connectivity index (χ0v) is 13.2. The summed E-state index contributed by atoms with van der Waals surface area (Å²) in [4.78, 5) is 25.4. The number of nitrogens with zero attached hydrogens (tertiary/aromatic N) is 1. The van der Waals surface area contributed by atoms with E-state index in [1.165, 1.54) is 13.0 Å². The van der Waals surface area contributed by atoms with E-state index < -0.39 is 23.6 Å². The Morgan fingerprint density at radius 3 is 2.57 bits per heavy atom. The first-order valence-corrected chi connectivity index (χ1v) is 7.57. The lowest BCUT2D eigenvalue weighted by Gasteiger charge is -2.27. The summed E-state index contributed by atoms with van der Waals surface area (Å²) in [6.07, 6.45) is 0.644. The predicted octanol–water partition coefficient (Wildman–Crippen LogP) is 1.35. The van der Waals surface area contributed by atoms with Crippen molar-refractivity contribution in [3.8, 4) is 0 Å². The van der Waals surface area contributed by atoms with Gasteiger partial charge in [0.2, 0.25) is 11.8 Å². The van der Waals surface area contributed by atoms with Crippen molar-refractivity contribution in [2.24, 2.45) is 0 Å². The van der Waals surface area contributed by atoms with Crippen molar-refractivity contribution in [2.45, 2.75) is 31.8 Å². The van der Waals surface area contributed by atoms with Gasteiger partial charge in [0.1, 0.15) is 11.6 Å². The standard InChI is InChI=1S/C16H21F2N3O2/c1-10(22)20-14(16-12(17)4-3-5-13(16)18)8-15(23)21(2)11-6-7-19-9-11/h3-5,11,14,19H,6-9H2,1-2H3,(H,20,22). The van der Waals surface area contributed by atoms with Gasteiger partial charge in [0.15, 0.2) is 0 Å². The van der Waals surface area contributed by atoms with Crippen molar-refractivity contribution in [1.82, 2.24) is 15.5 Å². The van der Waals surface area contributed by atoms with Crippen LogP contribution >= 0.6 is 0 Å². The van der Waals surface area contributed by atoms with Gasteiger partial charge in [0.05, 0.1) is 12.5 Å². The first-order chi connectivity index (χ1) is 10.9. The summed E-state index contributed by atoms with van der Waals surface area (Å²) in [5.74, 6) is -2.26. The van der Waals surface area contributed by atoms with E-state index in [0.29, 0.717) is 6.54 Å². The highest BCUT2D eigenvalue weighted by Gasteiger charge is 2.28. The Labute approximate surface area is 134 Å². The van der Waals surface area contributed by atoms with E-state index in [0.717, 1.165) is 25.1 Å². The average molecular weight is 325 g/mol. The monoisotopic (exact) mass is 325 g/mol. The van der Waals surface area contributed by atoms with Crippen molar-refractivity contribution in [3.63, 3.8) is 0 Å². The molecular formula is C16H21F2N3O2. The van der Waals surface area contributed by atoms with Gasteiger partial charge in [-0.1, -0.05) is 6.07 Å². The van der Waals surface area contributed by atoms with E-state index in [1.54, 1.807) is 11.9 Å². The van der Waals surface area contributed by atoms with E-state index >= 15 is 0 Å². The van der Waals surface area contributed by atoms with Crippen LogP contribution in [0, 0.1) is 11.6 Å². The van der Waals surface area contributed by atoms with Gasteiger partial charge in [-0.15, -0.1) is 0 Å². The van der Waals surface area contributed by atoms with Gasteiger partial charge in [-0.3, -0.25) is 9.59 Å². The molecule has 7 heteroatoms. The van der Waals surface area contributed by atoms with Crippen LogP contribution in [0.15, 0.2) is 18.2 Å². The highest BCUT2D eigenvalue weighted by molar-refractivity contribution is 5.79. The van der Waals surface area contributed by atoms with Crippen LogP contribution in [-0.2, 0) is 9.59 Å². The summed E-state index contributed by atoms with van der Waals surface area (Å²) in [7, 11) is 1.67. The number of hydrogen-bond donors (Lipinski definition) is 2. The SMILES string of the molecule is CC(=O)NC(CC(=O)N(C)C1CCNC1)c1c(F)cccc1F. The second-order valence-electron chi connectivity index (χ2n) is 5.74. The fraction of sp³-hybridized carbons (Fsp3) is 0.500. The number of likely N-dealkylation sites (N-methyl/N-ethyl adjacent to an activating group) is 1. The zero-order chi connectivity index (χ0) is 17.0. The molecule has 0 radical (unpaired) electrons. The summed E-state index contributed by atoms with van der Waals surface area (Å²) >= 11 is 0. The number of rotatable bonds is 5. The molecule has 2 unspecified atom stereocenters. The molecule has 0 aromatic heterocycles. The molecule has 0 spiro atoms. The minimum atomic E-state index is -1.03. The number of nitrogens with one attached hydrogen (secondary N) is 2. The van der Waals surface area contributed by atoms with Crippen molar-refractivity contribution < 1.29 is 18.4 Å². The quantitative estimate of drug-likeness (QED) is 0.859. The molecule has 1 heterocycles. The summed E-state index contributed by atoms with van der Waals surface area (Å²) in [6, 6.07) is 2.51. The maximum Gasteiger partial charge on any atom is 0.225 e. The highest BCUT2D eigenvalue weighted by Crippen LogP contribution is 2.24. The van der Waals surface area contributed by atoms with E-state index in [1.807, 2.05) is 0 Å². The van der Waals surface area contributed by atoms with Crippen molar-refractivity contribution in [1.29, 1.82) is 0 Å². The molecule has 2 rings (SSSR count). The molecule has 1 aliphatic heterocycles. The largest absolute Gasteiger partial charge is 0.349 e. The van der Waals surface area contributed by atoms with Crippen LogP contribution in [0.3, 0.4) is 0 Å². The van der Waals surface area contributed by atoms with Gasteiger partial charge >= 0.3 is 0 Å². The maximum atomic E-state index is 14.0. The lowest BCUT2D eigenvalue weighted by molar-refractivity contribution is -0.132. The van der Waals surface area contributed by atoms with Gasteiger partial charge < -0.3 is 15.5 Å². The van der Waals surface area contributed by atoms with Crippen LogP contribution in [0.4, 0.5) is 8.78 Å². The lowest BCUT2D eigenvalue weighted by atomic mass is 10.0. The minimum absolute atomic E-state index is 0.0611. The molecule has 2 atom stereocenters. The van der Waals surface area contributed by atoms with E-state index in [2.05, 4.69) is 10.6 Å². The van der Waals surface area contributed by atoms with Crippen LogP contribution in [0.2, 0.25) is 0 Å². The average Bonchev–Trinajstić information content (AvgIpc) is 2.99. The van der Waals surface area contributed by atoms with Crippen molar-refractivity contribution in [2.75, 3.05) is 20.1 Å². The molecular weight excluding hydrogens is 304 g/mol. The van der Waals surface area contributed by atoms with Crippen LogP contribution < -0.4 is 10.6 Å². The molecule has 2 N–H and O–H groups in total. The Morgan fingerprint density at radius 2 is 2.04 bits per heavy atom. The number of benzene rings is 1. The molecule has 5 nitrogen and oxygen atoms in total. The topological polar surface area (TPSA) is 61.4 Å². The summed E-state index contributed by atoms with van der Waals surface area (Å²) in [5.41, 5.74) is -0.283. The van der Waals surface area contributed by atoms with Gasteiger partial charge in [0.25, 0.3) is 0 Å². The third kappa shape index (κ3) is 4.25. The highest BCUT2D eigenvalue weighted by atomic mass is 19.1. The molecule has 1 aromatic carbocycles. The predicted molar refractivity (Wildman–Crippen MR) is 81.6 cm³/mol. The Morgan fingerprint density at radius 1 is 1.39 bits per heavy atom. The Kier molecular flexibility index (Phi) is 5.65. The number of hydrogen-bond acceptors (Lipinski definition) is 3. The van der Waals surface area contributed by atoms with Crippen molar-refractivity contribution >= 4 is 11.8 Å². The van der Waals surface area contributed by atoms with E-state index in [-0.39, 0.29) is 23.9 Å². The van der Waals surface area contributed by atoms with Gasteiger partial charge in [-0.2, -0.15) is 0 Å². The minimum Gasteiger partial charge on any atom is -0.349 e. The Hall–Kier alpha value is -2.02. The van der Waals surface area contributed by atoms with Crippen LogP contribution in [0.25, 0.3) is 0 Å². The first-order valence-electron chi connectivity index (χ1n) is 7.57. The van der Waals surface area contributed by atoms with Gasteiger partial charge in [0, 0.05) is 32.1 Å². The van der Waals surface area contributed by atoms with Crippen LogP contribution in [-0.4, -0.2) is 42.9 Å². The summed E-state index contributed by atoms with van der Waals surface area (Å²) in [6.45, 7) is 2.78. The molecule has 126 valence electrons. The fourth-order valence-electron chi connectivity index (χ4n) is 2.81. The summed E-state index contributed by atoms with van der Waals surface area (Å²) < 4.78 is 28.0. The molecule has 0 aliphatic carbocycles. The maximum absolute atomic E-state index is 14.0. The Balaban J connectivity index is 2.18. The number of halogens is 2. The Bertz CT molecular complexity index is 568. The summed E-state index contributed by atoms with van der Waals surface area (Å²) in [5, 5.41) is 5.63. The molecule has 1 aliphatic rings. The molecule has 1 aromatic rings. The fourth-order valence-corrected chi connectivity index (χ4v) is 2.81. The van der Waals surface area contributed by atoms with Crippen LogP contribution in [0.1, 0.15) is 31.4 Å². The van der Waals surface area contributed by atoms with Gasteiger partial charge in [-0.05, 0) is 25.1 Å². The molecule has 1 saturated heterocycles. The molecule has 0 bridgehead atoms. The molecule has 0 saturated carbocycles. The lowest BCUT2D eigenvalue weighted by Crippen LogP contribution is -2.41. The molecule has 2 amide bonds. The zero-order valence-electron chi connectivity index (χ0n) is 13.2. The molecule has 1 fully saturated rings. The number of amides is 2. The van der Waals surface area contributed by atoms with Crippen LogP contribution in [0.5, 0.6) is 0 Å². The number of carbonyl (C=O) groups excluding carboxylic acids is 2. The van der Waals surface area contributed by atoms with E-state index in [9.17, 15) is 18.4 Å². The second kappa shape index (κ2) is 7.50. The second-order valence-corrected chi connectivity index (χ2v) is 5.74. The van der Waals surface area contributed by atoms with Gasteiger partial charge in [-0.25, -0.2) is 8.78 Å².